The van der Waals surface area contributed by atoms with Gasteiger partial charge in [-0.25, -0.2) is 0 Å². The van der Waals surface area contributed by atoms with Crippen LogP contribution in [0.5, 0.6) is 0 Å². The van der Waals surface area contributed by atoms with Crippen molar-refractivity contribution in [3.05, 3.63) is 28.2 Å². The van der Waals surface area contributed by atoms with Crippen molar-refractivity contribution in [2.75, 3.05) is 0 Å². The van der Waals surface area contributed by atoms with E-state index >= 15 is 0 Å². The molecule has 0 radical (unpaired) electrons. The van der Waals surface area contributed by atoms with Crippen LogP contribution in [0.1, 0.15) is 12.0 Å². The second kappa shape index (κ2) is 2.78. The van der Waals surface area contributed by atoms with E-state index in [0.29, 0.717) is 0 Å². The molecule has 2 heteroatoms. The normalized spacial score (nSPS) is 14.6. The Hall–Kier alpha value is -0.630. The molecule has 0 atom stereocenters. The molecule has 0 spiro atoms. The lowest BCUT2D eigenvalue weighted by molar-refractivity contribution is 1.03. The van der Waals surface area contributed by atoms with Gasteiger partial charge in [-0.05, 0) is 30.5 Å². The summed E-state index contributed by atoms with van der Waals surface area (Å²) in [7, 11) is 0. The number of aliphatic imine (C=N–C) groups is 1. The molecule has 11 heavy (non-hydrogen) atoms. The van der Waals surface area contributed by atoms with Gasteiger partial charge < -0.3 is 0 Å². The molecule has 0 fully saturated rings. The summed E-state index contributed by atoms with van der Waals surface area (Å²) in [6.07, 6.45) is 4.19. The molecule has 1 nitrogen and oxygen atoms in total. The third-order valence-electron chi connectivity index (χ3n) is 1.82. The maximum atomic E-state index is 4.30. The molecule has 0 aromatic heterocycles. The summed E-state index contributed by atoms with van der Waals surface area (Å²) < 4.78 is 1.11. The Balaban J connectivity index is 2.54. The number of hydrogen-bond donors (Lipinski definition) is 0. The van der Waals surface area contributed by atoms with Crippen LogP contribution in [0.4, 0.5) is 5.69 Å². The van der Waals surface area contributed by atoms with E-state index in [1.807, 2.05) is 6.21 Å². The standard InChI is InChI=1S/C9H8BrN/c10-8-4-3-7-2-1-5-11-9(7)6-8/h3-6H,1-2H2. The summed E-state index contributed by atoms with van der Waals surface area (Å²) in [6, 6.07) is 6.26. The molecule has 0 aliphatic carbocycles. The Morgan fingerprint density at radius 2 is 2.27 bits per heavy atom. The van der Waals surface area contributed by atoms with Crippen LogP contribution in [-0.2, 0) is 6.42 Å². The van der Waals surface area contributed by atoms with E-state index in [4.69, 9.17) is 0 Å². The zero-order valence-corrected chi connectivity index (χ0v) is 7.63. The van der Waals surface area contributed by atoms with Crippen molar-refractivity contribution in [3.63, 3.8) is 0 Å². The smallest absolute Gasteiger partial charge is 0.0669 e. The predicted octanol–water partition coefficient (Wildman–Crippen LogP) is 3.10. The first-order valence-corrected chi connectivity index (χ1v) is 4.46. The topological polar surface area (TPSA) is 12.4 Å². The third-order valence-corrected chi connectivity index (χ3v) is 2.31. The van der Waals surface area contributed by atoms with Gasteiger partial charge in [-0.15, -0.1) is 0 Å². The summed E-state index contributed by atoms with van der Waals surface area (Å²) in [6.45, 7) is 0. The molecular formula is C9H8BrN. The molecule has 0 unspecified atom stereocenters. The lowest BCUT2D eigenvalue weighted by Crippen LogP contribution is -1.92. The van der Waals surface area contributed by atoms with E-state index in [9.17, 15) is 0 Å². The van der Waals surface area contributed by atoms with Gasteiger partial charge in [-0.1, -0.05) is 22.0 Å². The minimum Gasteiger partial charge on any atom is -0.261 e. The molecule has 0 amide bonds. The minimum absolute atomic E-state index is 1.08. The van der Waals surface area contributed by atoms with Crippen LogP contribution in [0.25, 0.3) is 0 Å². The number of nitrogens with zero attached hydrogens (tertiary/aromatic N) is 1. The number of fused-ring (bicyclic) bond motifs is 1. The Labute approximate surface area is 74.3 Å². The molecule has 0 N–H and O–H groups in total. The van der Waals surface area contributed by atoms with Gasteiger partial charge in [0.1, 0.15) is 0 Å². The minimum atomic E-state index is 1.08. The molecule has 2 rings (SSSR count). The molecule has 0 bridgehead atoms. The first kappa shape index (κ1) is 7.04. The summed E-state index contributed by atoms with van der Waals surface area (Å²) in [5.41, 5.74) is 2.47. The lowest BCUT2D eigenvalue weighted by atomic mass is 10.1. The highest BCUT2D eigenvalue weighted by Gasteiger charge is 2.04. The second-order valence-electron chi connectivity index (χ2n) is 2.62. The van der Waals surface area contributed by atoms with Gasteiger partial charge in [0, 0.05) is 10.7 Å². The monoisotopic (exact) mass is 209 g/mol. The van der Waals surface area contributed by atoms with Gasteiger partial charge in [0.25, 0.3) is 0 Å². The van der Waals surface area contributed by atoms with Crippen LogP contribution in [0.15, 0.2) is 27.7 Å². The van der Waals surface area contributed by atoms with E-state index in [2.05, 4.69) is 39.1 Å². The van der Waals surface area contributed by atoms with Gasteiger partial charge in [0.15, 0.2) is 0 Å². The van der Waals surface area contributed by atoms with Gasteiger partial charge in [0.2, 0.25) is 0 Å². The van der Waals surface area contributed by atoms with Crippen LogP contribution in [0, 0.1) is 0 Å². The highest BCUT2D eigenvalue weighted by Crippen LogP contribution is 2.27. The maximum absolute atomic E-state index is 4.30. The Morgan fingerprint density at radius 1 is 1.36 bits per heavy atom. The fourth-order valence-corrected chi connectivity index (χ4v) is 1.60. The number of rotatable bonds is 0. The summed E-state index contributed by atoms with van der Waals surface area (Å²) in [5.74, 6) is 0. The fourth-order valence-electron chi connectivity index (χ4n) is 1.25. The SMILES string of the molecule is Brc1ccc2c(c1)N=CCC2. The average Bonchev–Trinajstić information content (AvgIpc) is 2.04. The van der Waals surface area contributed by atoms with Crippen LogP contribution in [0.2, 0.25) is 0 Å². The fraction of sp³-hybridized carbons (Fsp3) is 0.222. The van der Waals surface area contributed by atoms with E-state index in [1.54, 1.807) is 0 Å². The van der Waals surface area contributed by atoms with Crippen LogP contribution in [0.3, 0.4) is 0 Å². The van der Waals surface area contributed by atoms with Crippen LogP contribution < -0.4 is 0 Å². The first-order valence-electron chi connectivity index (χ1n) is 3.67. The number of benzene rings is 1. The number of halogens is 1. The van der Waals surface area contributed by atoms with Crippen molar-refractivity contribution >= 4 is 27.8 Å². The van der Waals surface area contributed by atoms with Gasteiger partial charge in [-0.3, -0.25) is 4.99 Å². The Kier molecular flexibility index (Phi) is 1.78. The third kappa shape index (κ3) is 1.36. The van der Waals surface area contributed by atoms with E-state index in [-0.39, 0.29) is 0 Å². The quantitative estimate of drug-likeness (QED) is 0.623. The zero-order valence-electron chi connectivity index (χ0n) is 6.05. The molecule has 1 aromatic carbocycles. The Bertz CT molecular complexity index is 304. The molecule has 1 aromatic rings. The van der Waals surface area contributed by atoms with Crippen LogP contribution >= 0.6 is 15.9 Å². The molecule has 1 heterocycles. The molecule has 0 saturated heterocycles. The van der Waals surface area contributed by atoms with Crippen LogP contribution in [-0.4, -0.2) is 6.21 Å². The molecule has 1 aliphatic rings. The largest absolute Gasteiger partial charge is 0.261 e. The highest BCUT2D eigenvalue weighted by atomic mass is 79.9. The van der Waals surface area contributed by atoms with Crippen molar-refractivity contribution in [3.8, 4) is 0 Å². The Morgan fingerprint density at radius 3 is 3.18 bits per heavy atom. The molecular weight excluding hydrogens is 202 g/mol. The first-order chi connectivity index (χ1) is 5.36. The van der Waals surface area contributed by atoms with E-state index in [1.165, 1.54) is 5.56 Å². The van der Waals surface area contributed by atoms with Crippen molar-refractivity contribution in [1.82, 2.24) is 0 Å². The van der Waals surface area contributed by atoms with Gasteiger partial charge in [0.05, 0.1) is 5.69 Å². The lowest BCUT2D eigenvalue weighted by Gasteiger charge is -2.08. The average molecular weight is 210 g/mol. The van der Waals surface area contributed by atoms with Crippen molar-refractivity contribution in [2.24, 2.45) is 4.99 Å². The zero-order chi connectivity index (χ0) is 7.68. The van der Waals surface area contributed by atoms with E-state index < -0.39 is 0 Å². The predicted molar refractivity (Wildman–Crippen MR) is 50.6 cm³/mol. The van der Waals surface area contributed by atoms with Crippen molar-refractivity contribution in [2.45, 2.75) is 12.8 Å². The van der Waals surface area contributed by atoms with E-state index in [0.717, 1.165) is 23.0 Å². The second-order valence-corrected chi connectivity index (χ2v) is 3.54. The summed E-state index contributed by atoms with van der Waals surface area (Å²) in [4.78, 5) is 4.30. The van der Waals surface area contributed by atoms with Crippen molar-refractivity contribution in [1.29, 1.82) is 0 Å². The maximum Gasteiger partial charge on any atom is 0.0669 e. The molecule has 56 valence electrons. The van der Waals surface area contributed by atoms with Gasteiger partial charge >= 0.3 is 0 Å². The summed E-state index contributed by atoms with van der Waals surface area (Å²) in [5, 5.41) is 0. The number of aryl methyl sites for hydroxylation is 1. The summed E-state index contributed by atoms with van der Waals surface area (Å²) >= 11 is 3.42. The molecule has 1 aliphatic heterocycles. The van der Waals surface area contributed by atoms with Crippen molar-refractivity contribution < 1.29 is 0 Å². The highest BCUT2D eigenvalue weighted by molar-refractivity contribution is 9.10. The molecule has 0 saturated carbocycles. The number of hydrogen-bond acceptors (Lipinski definition) is 1. The van der Waals surface area contributed by atoms with Gasteiger partial charge in [-0.2, -0.15) is 0 Å².